The van der Waals surface area contributed by atoms with Crippen molar-refractivity contribution in [1.82, 2.24) is 15.0 Å². The van der Waals surface area contributed by atoms with Crippen LogP contribution in [0.25, 0.3) is 21.7 Å². The first kappa shape index (κ1) is 23.1. The highest BCUT2D eigenvalue weighted by Gasteiger charge is 1.98. The standard InChI is InChI=1S/2C11H11N.C7H9N/c1-8-3-4-10-6-9(2)12-7-11(10)5-8;1-8-7-12-11-6-4-3-5-10(11)9(8)2;1-6-3-4-8-5-7(6)2/h2*3-7H,1-2H3;3-5H,1-2H3. The maximum atomic E-state index is 4.34. The van der Waals surface area contributed by atoms with E-state index in [0.717, 1.165) is 11.2 Å². The summed E-state index contributed by atoms with van der Waals surface area (Å²) in [4.78, 5) is 12.5. The smallest absolute Gasteiger partial charge is 0.0704 e. The molecule has 0 amide bonds. The zero-order valence-corrected chi connectivity index (χ0v) is 19.8. The van der Waals surface area contributed by atoms with E-state index in [4.69, 9.17) is 0 Å². The van der Waals surface area contributed by atoms with E-state index in [0.29, 0.717) is 0 Å². The van der Waals surface area contributed by atoms with E-state index in [1.54, 1.807) is 0 Å². The summed E-state index contributed by atoms with van der Waals surface area (Å²) >= 11 is 0. The number of nitrogens with zero attached hydrogens (tertiary/aromatic N) is 3. The van der Waals surface area contributed by atoms with Gasteiger partial charge in [0.15, 0.2) is 0 Å². The van der Waals surface area contributed by atoms with Crippen LogP contribution in [0.15, 0.2) is 79.4 Å². The van der Waals surface area contributed by atoms with Crippen LogP contribution in [0.5, 0.6) is 0 Å². The molecule has 5 aromatic rings. The van der Waals surface area contributed by atoms with Crippen molar-refractivity contribution in [3.63, 3.8) is 0 Å². The van der Waals surface area contributed by atoms with Crippen molar-refractivity contribution in [1.29, 1.82) is 0 Å². The largest absolute Gasteiger partial charge is 0.264 e. The molecule has 0 spiro atoms. The highest BCUT2D eigenvalue weighted by atomic mass is 14.7. The Morgan fingerprint density at radius 3 is 2.09 bits per heavy atom. The minimum atomic E-state index is 1.08. The molecule has 0 saturated carbocycles. The van der Waals surface area contributed by atoms with Crippen LogP contribution in [0, 0.1) is 41.5 Å². The van der Waals surface area contributed by atoms with Crippen LogP contribution in [-0.4, -0.2) is 15.0 Å². The molecule has 3 aromatic heterocycles. The van der Waals surface area contributed by atoms with E-state index in [2.05, 4.69) is 86.0 Å². The van der Waals surface area contributed by atoms with Gasteiger partial charge in [-0.1, -0.05) is 35.9 Å². The van der Waals surface area contributed by atoms with Crippen molar-refractivity contribution < 1.29 is 0 Å². The first-order valence-corrected chi connectivity index (χ1v) is 10.9. The molecule has 3 heteroatoms. The first-order valence-electron chi connectivity index (χ1n) is 10.9. The molecule has 3 heterocycles. The molecule has 0 saturated heterocycles. The van der Waals surface area contributed by atoms with E-state index in [1.807, 2.05) is 49.9 Å². The molecular weight excluding hydrogens is 390 g/mol. The monoisotopic (exact) mass is 421 g/mol. The molecule has 0 aliphatic rings. The fourth-order valence-electron chi connectivity index (χ4n) is 3.29. The minimum absolute atomic E-state index is 1.08. The molecule has 0 N–H and O–H groups in total. The predicted molar refractivity (Wildman–Crippen MR) is 136 cm³/mol. The molecule has 0 bridgehead atoms. The average Bonchev–Trinajstić information content (AvgIpc) is 2.80. The molecule has 0 aliphatic carbocycles. The second-order valence-electron chi connectivity index (χ2n) is 8.22. The Labute approximate surface area is 191 Å². The average molecular weight is 422 g/mol. The van der Waals surface area contributed by atoms with Crippen LogP contribution in [0.3, 0.4) is 0 Å². The Hall–Kier alpha value is -3.59. The fourth-order valence-corrected chi connectivity index (χ4v) is 3.29. The lowest BCUT2D eigenvalue weighted by Crippen LogP contribution is -1.86. The zero-order chi connectivity index (χ0) is 23.1. The van der Waals surface area contributed by atoms with Crippen molar-refractivity contribution in [2.75, 3.05) is 0 Å². The molecule has 32 heavy (non-hydrogen) atoms. The Bertz CT molecular complexity index is 1280. The van der Waals surface area contributed by atoms with Gasteiger partial charge in [-0.25, -0.2) is 0 Å². The Morgan fingerprint density at radius 2 is 1.38 bits per heavy atom. The minimum Gasteiger partial charge on any atom is -0.264 e. The van der Waals surface area contributed by atoms with Crippen molar-refractivity contribution in [3.05, 3.63) is 113 Å². The highest BCUT2D eigenvalue weighted by molar-refractivity contribution is 5.83. The van der Waals surface area contributed by atoms with Gasteiger partial charge in [0.05, 0.1) is 5.52 Å². The zero-order valence-electron chi connectivity index (χ0n) is 19.8. The van der Waals surface area contributed by atoms with Gasteiger partial charge < -0.3 is 0 Å². The summed E-state index contributed by atoms with van der Waals surface area (Å²) in [5, 5.41) is 3.76. The van der Waals surface area contributed by atoms with E-state index in [1.165, 1.54) is 44.0 Å². The van der Waals surface area contributed by atoms with Gasteiger partial charge in [-0.05, 0) is 93.4 Å². The van der Waals surface area contributed by atoms with Gasteiger partial charge in [-0.2, -0.15) is 0 Å². The number of para-hydroxylation sites is 1. The second-order valence-corrected chi connectivity index (χ2v) is 8.22. The first-order chi connectivity index (χ1) is 15.3. The summed E-state index contributed by atoms with van der Waals surface area (Å²) in [7, 11) is 0. The third kappa shape index (κ3) is 5.98. The van der Waals surface area contributed by atoms with E-state index < -0.39 is 0 Å². The van der Waals surface area contributed by atoms with Crippen LogP contribution in [0.2, 0.25) is 0 Å². The SMILES string of the molecule is Cc1ccc2cc(C)ncc2c1.Cc1ccncc1C.Cc1cnc2ccccc2c1C. The van der Waals surface area contributed by atoms with Gasteiger partial charge in [-0.3, -0.25) is 15.0 Å². The molecular formula is C29H31N3. The van der Waals surface area contributed by atoms with Gasteiger partial charge in [0, 0.05) is 41.3 Å². The molecule has 162 valence electrons. The van der Waals surface area contributed by atoms with Crippen LogP contribution >= 0.6 is 0 Å². The van der Waals surface area contributed by atoms with Crippen LogP contribution in [0.4, 0.5) is 0 Å². The van der Waals surface area contributed by atoms with Crippen molar-refractivity contribution in [2.24, 2.45) is 0 Å². The van der Waals surface area contributed by atoms with E-state index in [9.17, 15) is 0 Å². The fraction of sp³-hybridized carbons (Fsp3) is 0.207. The van der Waals surface area contributed by atoms with Gasteiger partial charge in [-0.15, -0.1) is 0 Å². The number of hydrogen-bond acceptors (Lipinski definition) is 3. The lowest BCUT2D eigenvalue weighted by molar-refractivity contribution is 1.22. The number of aryl methyl sites for hydroxylation is 6. The van der Waals surface area contributed by atoms with Crippen molar-refractivity contribution in [3.8, 4) is 0 Å². The third-order valence-electron chi connectivity index (χ3n) is 5.61. The number of benzene rings is 2. The van der Waals surface area contributed by atoms with Gasteiger partial charge >= 0.3 is 0 Å². The third-order valence-corrected chi connectivity index (χ3v) is 5.61. The van der Waals surface area contributed by atoms with Crippen molar-refractivity contribution >= 4 is 21.7 Å². The number of pyridine rings is 3. The molecule has 0 radical (unpaired) electrons. The van der Waals surface area contributed by atoms with Gasteiger partial charge in [0.1, 0.15) is 0 Å². The Morgan fingerprint density at radius 1 is 0.594 bits per heavy atom. The summed E-state index contributed by atoms with van der Waals surface area (Å²) in [5.74, 6) is 0. The Kier molecular flexibility index (Phi) is 7.67. The number of rotatable bonds is 0. The van der Waals surface area contributed by atoms with E-state index >= 15 is 0 Å². The molecule has 0 fully saturated rings. The van der Waals surface area contributed by atoms with Crippen LogP contribution in [-0.2, 0) is 0 Å². The predicted octanol–water partition coefficient (Wildman–Crippen LogP) is 7.40. The quantitative estimate of drug-likeness (QED) is 0.261. The summed E-state index contributed by atoms with van der Waals surface area (Å²) in [6.45, 7) is 12.5. The van der Waals surface area contributed by atoms with Crippen LogP contribution < -0.4 is 0 Å². The topological polar surface area (TPSA) is 38.7 Å². The Balaban J connectivity index is 0.000000139. The van der Waals surface area contributed by atoms with Gasteiger partial charge in [0.25, 0.3) is 0 Å². The maximum Gasteiger partial charge on any atom is 0.0704 e. The number of aromatic nitrogens is 3. The molecule has 5 rings (SSSR count). The maximum absolute atomic E-state index is 4.34. The summed E-state index contributed by atoms with van der Waals surface area (Å²) in [5.41, 5.74) is 8.60. The molecule has 0 atom stereocenters. The van der Waals surface area contributed by atoms with Crippen molar-refractivity contribution in [2.45, 2.75) is 41.5 Å². The molecule has 3 nitrogen and oxygen atoms in total. The lowest BCUT2D eigenvalue weighted by Gasteiger charge is -2.03. The molecule has 2 aromatic carbocycles. The lowest BCUT2D eigenvalue weighted by atomic mass is 10.1. The van der Waals surface area contributed by atoms with Gasteiger partial charge in [0.2, 0.25) is 0 Å². The van der Waals surface area contributed by atoms with E-state index in [-0.39, 0.29) is 0 Å². The summed E-state index contributed by atoms with van der Waals surface area (Å²) in [6.07, 6.45) is 7.53. The number of fused-ring (bicyclic) bond motifs is 2. The summed E-state index contributed by atoms with van der Waals surface area (Å²) < 4.78 is 0. The normalized spacial score (nSPS) is 10.2. The molecule has 0 aliphatic heterocycles. The molecule has 0 unspecified atom stereocenters. The summed E-state index contributed by atoms with van der Waals surface area (Å²) in [6, 6.07) is 18.8. The van der Waals surface area contributed by atoms with Crippen LogP contribution in [0.1, 0.15) is 33.5 Å². The highest BCUT2D eigenvalue weighted by Crippen LogP contribution is 2.18. The second kappa shape index (κ2) is 10.6. The number of hydrogen-bond donors (Lipinski definition) is 0.